The van der Waals surface area contributed by atoms with Gasteiger partial charge in [-0.1, -0.05) is 18.2 Å². The molecule has 2 nitrogen and oxygen atoms in total. The molecular weight excluding hydrogens is 275 g/mol. The maximum absolute atomic E-state index is 13.8. The highest BCUT2D eigenvalue weighted by Gasteiger charge is 2.18. The minimum absolute atomic E-state index is 0. The van der Waals surface area contributed by atoms with E-state index < -0.39 is 0 Å². The van der Waals surface area contributed by atoms with Gasteiger partial charge in [0.1, 0.15) is 5.82 Å². The zero-order chi connectivity index (χ0) is 13.7. The van der Waals surface area contributed by atoms with Crippen molar-refractivity contribution in [3.8, 4) is 0 Å². The summed E-state index contributed by atoms with van der Waals surface area (Å²) in [5.41, 5.74) is 0.801. The van der Waals surface area contributed by atoms with Gasteiger partial charge in [0.15, 0.2) is 0 Å². The lowest BCUT2D eigenvalue weighted by atomic mass is 9.94. The van der Waals surface area contributed by atoms with Crippen molar-refractivity contribution in [2.24, 2.45) is 5.92 Å². The quantitative estimate of drug-likeness (QED) is 0.893. The highest BCUT2D eigenvalue weighted by molar-refractivity contribution is 5.85. The van der Waals surface area contributed by atoms with E-state index in [1.165, 1.54) is 19.3 Å². The first kappa shape index (κ1) is 17.4. The van der Waals surface area contributed by atoms with Gasteiger partial charge < -0.3 is 5.32 Å². The predicted octanol–water partition coefficient (Wildman–Crippen LogP) is 3.63. The molecule has 0 aromatic heterocycles. The van der Waals surface area contributed by atoms with E-state index in [2.05, 4.69) is 24.2 Å². The number of hydrogen-bond donors (Lipinski definition) is 1. The molecule has 1 aromatic carbocycles. The third kappa shape index (κ3) is 4.72. The number of rotatable bonds is 5. The summed E-state index contributed by atoms with van der Waals surface area (Å²) >= 11 is 0. The van der Waals surface area contributed by atoms with Crippen molar-refractivity contribution in [3.05, 3.63) is 35.6 Å². The van der Waals surface area contributed by atoms with E-state index in [4.69, 9.17) is 0 Å². The Hall–Kier alpha value is -0.640. The standard InChI is InChI=1S/C16H25FN2.ClH/c1-13(15-5-3-4-6-16(15)17)19(2)12-9-14-7-10-18-11-8-14;/h3-6,13-14,18H,7-12H2,1-2H3;1H. The average molecular weight is 301 g/mol. The average Bonchev–Trinajstić information content (AvgIpc) is 2.45. The summed E-state index contributed by atoms with van der Waals surface area (Å²) in [4.78, 5) is 2.26. The number of benzene rings is 1. The fourth-order valence-corrected chi connectivity index (χ4v) is 2.80. The molecule has 0 amide bonds. The van der Waals surface area contributed by atoms with E-state index in [-0.39, 0.29) is 24.3 Å². The maximum Gasteiger partial charge on any atom is 0.127 e. The normalized spacial score (nSPS) is 17.8. The number of nitrogens with zero attached hydrogens (tertiary/aromatic N) is 1. The molecule has 1 atom stereocenters. The van der Waals surface area contributed by atoms with Crippen LogP contribution in [0.1, 0.15) is 37.8 Å². The number of piperidine rings is 1. The molecule has 0 radical (unpaired) electrons. The summed E-state index contributed by atoms with van der Waals surface area (Å²) in [6, 6.07) is 7.24. The lowest BCUT2D eigenvalue weighted by Crippen LogP contribution is -2.31. The van der Waals surface area contributed by atoms with Gasteiger partial charge in [0.25, 0.3) is 0 Å². The van der Waals surface area contributed by atoms with Gasteiger partial charge in [-0.05, 0) is 64.9 Å². The summed E-state index contributed by atoms with van der Waals surface area (Å²) in [7, 11) is 2.10. The molecule has 1 aromatic rings. The first-order valence-corrected chi connectivity index (χ1v) is 7.34. The number of halogens is 2. The number of hydrogen-bond acceptors (Lipinski definition) is 2. The molecule has 20 heavy (non-hydrogen) atoms. The highest BCUT2D eigenvalue weighted by Crippen LogP contribution is 2.23. The van der Waals surface area contributed by atoms with Crippen LogP contribution < -0.4 is 5.32 Å². The topological polar surface area (TPSA) is 15.3 Å². The fourth-order valence-electron chi connectivity index (χ4n) is 2.80. The Kier molecular flexibility index (Phi) is 7.49. The smallest absolute Gasteiger partial charge is 0.127 e. The van der Waals surface area contributed by atoms with Crippen LogP contribution in [0.15, 0.2) is 24.3 Å². The summed E-state index contributed by atoms with van der Waals surface area (Å²) in [5.74, 6) is 0.736. The van der Waals surface area contributed by atoms with Gasteiger partial charge in [-0.15, -0.1) is 12.4 Å². The zero-order valence-corrected chi connectivity index (χ0v) is 13.3. The van der Waals surface area contributed by atoms with Crippen molar-refractivity contribution in [2.45, 2.75) is 32.2 Å². The Morgan fingerprint density at radius 2 is 1.95 bits per heavy atom. The van der Waals surface area contributed by atoms with Crippen LogP contribution >= 0.6 is 12.4 Å². The Morgan fingerprint density at radius 3 is 2.60 bits per heavy atom. The number of nitrogens with one attached hydrogen (secondary N) is 1. The maximum atomic E-state index is 13.8. The van der Waals surface area contributed by atoms with Crippen LogP contribution in [0.4, 0.5) is 4.39 Å². The molecule has 1 unspecified atom stereocenters. The second-order valence-corrected chi connectivity index (χ2v) is 5.66. The van der Waals surface area contributed by atoms with Crippen LogP contribution in [0.3, 0.4) is 0 Å². The minimum Gasteiger partial charge on any atom is -0.317 e. The largest absolute Gasteiger partial charge is 0.317 e. The van der Waals surface area contributed by atoms with Gasteiger partial charge in [0.05, 0.1) is 0 Å². The first-order chi connectivity index (χ1) is 9.18. The Morgan fingerprint density at radius 1 is 1.30 bits per heavy atom. The molecule has 1 N–H and O–H groups in total. The second kappa shape index (κ2) is 8.60. The van der Waals surface area contributed by atoms with Gasteiger partial charge >= 0.3 is 0 Å². The molecule has 1 heterocycles. The molecule has 0 bridgehead atoms. The Bertz CT molecular complexity index is 394. The third-order valence-corrected chi connectivity index (χ3v) is 4.37. The van der Waals surface area contributed by atoms with Gasteiger partial charge in [-0.3, -0.25) is 4.90 Å². The van der Waals surface area contributed by atoms with E-state index in [0.717, 1.165) is 31.1 Å². The molecule has 1 aliphatic rings. The van der Waals surface area contributed by atoms with Crippen molar-refractivity contribution in [1.82, 2.24) is 10.2 Å². The van der Waals surface area contributed by atoms with E-state index in [1.807, 2.05) is 12.1 Å². The SMILES string of the molecule is CC(c1ccccc1F)N(C)CCC1CCNCC1.Cl. The summed E-state index contributed by atoms with van der Waals surface area (Å²) in [5, 5.41) is 3.40. The summed E-state index contributed by atoms with van der Waals surface area (Å²) < 4.78 is 13.8. The van der Waals surface area contributed by atoms with E-state index in [1.54, 1.807) is 12.1 Å². The molecule has 1 saturated heterocycles. The van der Waals surface area contributed by atoms with Crippen LogP contribution in [0.5, 0.6) is 0 Å². The molecule has 0 saturated carbocycles. The lowest BCUT2D eigenvalue weighted by molar-refractivity contribution is 0.222. The first-order valence-electron chi connectivity index (χ1n) is 7.34. The summed E-state index contributed by atoms with van der Waals surface area (Å²) in [6.45, 7) is 5.43. The van der Waals surface area contributed by atoms with Crippen molar-refractivity contribution in [2.75, 3.05) is 26.7 Å². The predicted molar refractivity (Wildman–Crippen MR) is 84.9 cm³/mol. The molecule has 2 rings (SSSR count). The molecule has 1 aliphatic heterocycles. The highest BCUT2D eigenvalue weighted by atomic mass is 35.5. The second-order valence-electron chi connectivity index (χ2n) is 5.66. The molecule has 1 fully saturated rings. The van der Waals surface area contributed by atoms with E-state index in [9.17, 15) is 4.39 Å². The van der Waals surface area contributed by atoms with Crippen LogP contribution in [-0.2, 0) is 0 Å². The fraction of sp³-hybridized carbons (Fsp3) is 0.625. The van der Waals surface area contributed by atoms with Crippen molar-refractivity contribution < 1.29 is 4.39 Å². The van der Waals surface area contributed by atoms with Gasteiger partial charge in [0, 0.05) is 11.6 Å². The van der Waals surface area contributed by atoms with Crippen molar-refractivity contribution >= 4 is 12.4 Å². The van der Waals surface area contributed by atoms with Gasteiger partial charge in [-0.25, -0.2) is 4.39 Å². The summed E-state index contributed by atoms with van der Waals surface area (Å²) in [6.07, 6.45) is 3.78. The van der Waals surface area contributed by atoms with Crippen LogP contribution in [0.2, 0.25) is 0 Å². The van der Waals surface area contributed by atoms with Gasteiger partial charge in [0.2, 0.25) is 0 Å². The third-order valence-electron chi connectivity index (χ3n) is 4.37. The monoisotopic (exact) mass is 300 g/mol. The van der Waals surface area contributed by atoms with Gasteiger partial charge in [-0.2, -0.15) is 0 Å². The molecule has 0 aliphatic carbocycles. The minimum atomic E-state index is -0.0938. The molecule has 4 heteroatoms. The van der Waals surface area contributed by atoms with Crippen LogP contribution in [0, 0.1) is 11.7 Å². The Balaban J connectivity index is 0.00000200. The van der Waals surface area contributed by atoms with E-state index >= 15 is 0 Å². The molecular formula is C16H26ClFN2. The zero-order valence-electron chi connectivity index (χ0n) is 12.4. The van der Waals surface area contributed by atoms with E-state index in [0.29, 0.717) is 0 Å². The molecule has 0 spiro atoms. The van der Waals surface area contributed by atoms with Crippen molar-refractivity contribution in [1.29, 1.82) is 0 Å². The van der Waals surface area contributed by atoms with Crippen LogP contribution in [0.25, 0.3) is 0 Å². The molecule has 114 valence electrons. The van der Waals surface area contributed by atoms with Crippen molar-refractivity contribution in [3.63, 3.8) is 0 Å². The lowest BCUT2D eigenvalue weighted by Gasteiger charge is -2.29. The van der Waals surface area contributed by atoms with Crippen LogP contribution in [-0.4, -0.2) is 31.6 Å². The Labute approximate surface area is 128 Å².